The fourth-order valence-electron chi connectivity index (χ4n) is 3.48. The summed E-state index contributed by atoms with van der Waals surface area (Å²) in [5.74, 6) is 0.0818. The minimum absolute atomic E-state index is 0.155. The number of nitrogens with one attached hydrogen (secondary N) is 1. The Balaban J connectivity index is 2.23. The molecular formula is C18H24N4O. The van der Waals surface area contributed by atoms with Gasteiger partial charge in [-0.1, -0.05) is 13.0 Å². The molecule has 1 N–H and O–H groups in total. The van der Waals surface area contributed by atoms with Crippen LogP contribution >= 0.6 is 0 Å². The summed E-state index contributed by atoms with van der Waals surface area (Å²) >= 11 is 0. The van der Waals surface area contributed by atoms with Gasteiger partial charge in [-0.15, -0.1) is 0 Å². The molecule has 0 fully saturated rings. The standard InChI is InChI=1S/C18H24N4O/c1-5-22-16-7-6-14(12-20-21-17(23)8-9-19)10-15(16)13(2)11-18(22,3)4/h6-7,10,12-13H,5,8,11H2,1-4H3,(H,21,23)/b20-12-/t13-/m1/s1. The van der Waals surface area contributed by atoms with Gasteiger partial charge in [0.25, 0.3) is 5.91 Å². The normalized spacial score (nSPS) is 19.3. The third kappa shape index (κ3) is 3.70. The Morgan fingerprint density at radius 1 is 1.57 bits per heavy atom. The number of fused-ring (bicyclic) bond motifs is 1. The number of nitrogens with zero attached hydrogens (tertiary/aromatic N) is 3. The topological polar surface area (TPSA) is 68.5 Å². The van der Waals surface area contributed by atoms with E-state index >= 15 is 0 Å². The van der Waals surface area contributed by atoms with Crippen LogP contribution in [0.4, 0.5) is 5.69 Å². The highest BCUT2D eigenvalue weighted by molar-refractivity contribution is 5.84. The Hall–Kier alpha value is -2.35. The molecule has 0 spiro atoms. The second-order valence-electron chi connectivity index (χ2n) is 6.61. The van der Waals surface area contributed by atoms with Gasteiger partial charge in [0.2, 0.25) is 0 Å². The van der Waals surface area contributed by atoms with Crippen LogP contribution < -0.4 is 10.3 Å². The number of hydrogen-bond donors (Lipinski definition) is 1. The van der Waals surface area contributed by atoms with Crippen molar-refractivity contribution in [1.29, 1.82) is 5.26 Å². The zero-order chi connectivity index (χ0) is 17.0. The zero-order valence-electron chi connectivity index (χ0n) is 14.3. The summed E-state index contributed by atoms with van der Waals surface area (Å²) in [6.07, 6.45) is 2.55. The van der Waals surface area contributed by atoms with Gasteiger partial charge in [0, 0.05) is 17.8 Å². The van der Waals surface area contributed by atoms with E-state index < -0.39 is 5.91 Å². The number of hydrogen-bond acceptors (Lipinski definition) is 4. The van der Waals surface area contributed by atoms with Crippen LogP contribution in [0.25, 0.3) is 0 Å². The lowest BCUT2D eigenvalue weighted by Gasteiger charge is -2.47. The smallest absolute Gasteiger partial charge is 0.254 e. The van der Waals surface area contributed by atoms with Gasteiger partial charge in [0.15, 0.2) is 0 Å². The van der Waals surface area contributed by atoms with Gasteiger partial charge in [-0.25, -0.2) is 5.43 Å². The van der Waals surface area contributed by atoms with Gasteiger partial charge >= 0.3 is 0 Å². The second kappa shape index (κ2) is 6.82. The van der Waals surface area contributed by atoms with E-state index in [0.29, 0.717) is 5.92 Å². The molecule has 1 aromatic carbocycles. The maximum absolute atomic E-state index is 11.2. The van der Waals surface area contributed by atoms with Crippen LogP contribution in [0.5, 0.6) is 0 Å². The Morgan fingerprint density at radius 2 is 2.30 bits per heavy atom. The fourth-order valence-corrected chi connectivity index (χ4v) is 3.48. The lowest BCUT2D eigenvalue weighted by atomic mass is 9.79. The number of rotatable bonds is 4. The van der Waals surface area contributed by atoms with E-state index in [9.17, 15) is 4.79 Å². The van der Waals surface area contributed by atoms with E-state index in [4.69, 9.17) is 5.26 Å². The summed E-state index contributed by atoms with van der Waals surface area (Å²) in [6.45, 7) is 9.99. The van der Waals surface area contributed by atoms with Crippen LogP contribution in [0, 0.1) is 11.3 Å². The molecule has 0 saturated carbocycles. The van der Waals surface area contributed by atoms with Crippen LogP contribution in [-0.2, 0) is 4.79 Å². The molecule has 1 amide bonds. The number of carbonyl (C=O) groups is 1. The van der Waals surface area contributed by atoms with Gasteiger partial charge < -0.3 is 4.90 Å². The Kier molecular flexibility index (Phi) is 5.05. The Labute approximate surface area is 138 Å². The van der Waals surface area contributed by atoms with E-state index in [1.807, 2.05) is 6.07 Å². The molecular weight excluding hydrogens is 288 g/mol. The summed E-state index contributed by atoms with van der Waals surface area (Å²) in [7, 11) is 0. The first-order chi connectivity index (χ1) is 10.9. The SMILES string of the molecule is CCN1c2ccc(/C=N\NC(=O)CC#N)cc2[C@H](C)CC1(C)C. The predicted molar refractivity (Wildman–Crippen MR) is 92.5 cm³/mol. The van der Waals surface area contributed by atoms with Gasteiger partial charge in [0.05, 0.1) is 12.3 Å². The molecule has 0 radical (unpaired) electrons. The molecule has 5 heteroatoms. The molecule has 1 aromatic rings. The van der Waals surface area contributed by atoms with E-state index in [-0.39, 0.29) is 12.0 Å². The minimum Gasteiger partial charge on any atom is -0.366 e. The van der Waals surface area contributed by atoms with Crippen molar-refractivity contribution in [2.45, 2.75) is 52.0 Å². The van der Waals surface area contributed by atoms with Crippen LogP contribution in [0.2, 0.25) is 0 Å². The average Bonchev–Trinajstić information content (AvgIpc) is 2.47. The van der Waals surface area contributed by atoms with E-state index in [0.717, 1.165) is 18.5 Å². The quantitative estimate of drug-likeness (QED) is 0.686. The maximum Gasteiger partial charge on any atom is 0.254 e. The van der Waals surface area contributed by atoms with Gasteiger partial charge in [-0.2, -0.15) is 10.4 Å². The van der Waals surface area contributed by atoms with Gasteiger partial charge in [0.1, 0.15) is 6.42 Å². The first kappa shape index (κ1) is 17.0. The van der Waals surface area contributed by atoms with Crippen molar-refractivity contribution in [3.8, 4) is 6.07 Å². The number of hydrazone groups is 1. The van der Waals surface area contributed by atoms with Crippen molar-refractivity contribution in [1.82, 2.24) is 5.43 Å². The summed E-state index contributed by atoms with van der Waals surface area (Å²) in [6, 6.07) is 8.07. The number of nitriles is 1. The molecule has 1 aliphatic heterocycles. The second-order valence-corrected chi connectivity index (χ2v) is 6.61. The van der Waals surface area contributed by atoms with Crippen molar-refractivity contribution in [2.24, 2.45) is 5.10 Å². The van der Waals surface area contributed by atoms with Crippen molar-refractivity contribution >= 4 is 17.8 Å². The molecule has 0 bridgehead atoms. The van der Waals surface area contributed by atoms with Crippen LogP contribution in [0.15, 0.2) is 23.3 Å². The highest BCUT2D eigenvalue weighted by atomic mass is 16.2. The van der Waals surface area contributed by atoms with E-state index in [2.05, 4.69) is 55.3 Å². The predicted octanol–water partition coefficient (Wildman–Crippen LogP) is 3.16. The van der Waals surface area contributed by atoms with Crippen LogP contribution in [0.1, 0.15) is 57.6 Å². The molecule has 5 nitrogen and oxygen atoms in total. The largest absolute Gasteiger partial charge is 0.366 e. The molecule has 0 aromatic heterocycles. The fraction of sp³-hybridized carbons (Fsp3) is 0.500. The van der Waals surface area contributed by atoms with Crippen molar-refractivity contribution < 1.29 is 4.79 Å². The molecule has 0 aliphatic carbocycles. The van der Waals surface area contributed by atoms with Gasteiger partial charge in [-0.3, -0.25) is 4.79 Å². The minimum atomic E-state index is -0.394. The van der Waals surface area contributed by atoms with Crippen molar-refractivity contribution in [2.75, 3.05) is 11.4 Å². The first-order valence-electron chi connectivity index (χ1n) is 7.99. The maximum atomic E-state index is 11.2. The molecule has 23 heavy (non-hydrogen) atoms. The average molecular weight is 312 g/mol. The third-order valence-corrected chi connectivity index (χ3v) is 4.37. The molecule has 2 rings (SSSR count). The summed E-state index contributed by atoms with van der Waals surface area (Å²) < 4.78 is 0. The van der Waals surface area contributed by atoms with E-state index in [1.54, 1.807) is 12.3 Å². The lowest BCUT2D eigenvalue weighted by molar-refractivity contribution is -0.120. The molecule has 0 unspecified atom stereocenters. The highest BCUT2D eigenvalue weighted by Gasteiger charge is 2.35. The number of carbonyl (C=O) groups excluding carboxylic acids is 1. The Bertz CT molecular complexity index is 657. The summed E-state index contributed by atoms with van der Waals surface area (Å²) in [5.41, 5.74) is 6.05. The van der Waals surface area contributed by atoms with Crippen LogP contribution in [0.3, 0.4) is 0 Å². The summed E-state index contributed by atoms with van der Waals surface area (Å²) in [5, 5.41) is 12.4. The highest BCUT2D eigenvalue weighted by Crippen LogP contribution is 2.43. The van der Waals surface area contributed by atoms with Gasteiger partial charge in [-0.05, 0) is 56.4 Å². The lowest BCUT2D eigenvalue weighted by Crippen LogP contribution is -2.48. The van der Waals surface area contributed by atoms with E-state index in [1.165, 1.54) is 11.3 Å². The Morgan fingerprint density at radius 3 is 2.96 bits per heavy atom. The zero-order valence-corrected chi connectivity index (χ0v) is 14.3. The molecule has 122 valence electrons. The molecule has 0 saturated heterocycles. The molecule has 1 heterocycles. The molecule has 1 atom stereocenters. The van der Waals surface area contributed by atoms with Crippen molar-refractivity contribution in [3.63, 3.8) is 0 Å². The number of amides is 1. The first-order valence-corrected chi connectivity index (χ1v) is 7.99. The van der Waals surface area contributed by atoms with Crippen molar-refractivity contribution in [3.05, 3.63) is 29.3 Å². The monoisotopic (exact) mass is 312 g/mol. The van der Waals surface area contributed by atoms with Crippen LogP contribution in [-0.4, -0.2) is 24.2 Å². The third-order valence-electron chi connectivity index (χ3n) is 4.37. The number of benzene rings is 1. The summed E-state index contributed by atoms with van der Waals surface area (Å²) in [4.78, 5) is 13.7. The molecule has 1 aliphatic rings. The number of anilines is 1.